The van der Waals surface area contributed by atoms with Crippen LogP contribution in [-0.4, -0.2) is 41.5 Å². The number of pyridine rings is 2. The summed E-state index contributed by atoms with van der Waals surface area (Å²) in [4.78, 5) is 33.6. The molecule has 3 heterocycles. The third-order valence-electron chi connectivity index (χ3n) is 5.80. The molecule has 2 amide bonds. The maximum Gasteiger partial charge on any atom is 0.417 e. The zero-order chi connectivity index (χ0) is 26.7. The number of ether oxygens (including phenoxy) is 1. The molecule has 13 heteroatoms. The first kappa shape index (κ1) is 25.8. The van der Waals surface area contributed by atoms with Crippen molar-refractivity contribution in [2.24, 2.45) is 5.73 Å². The molecule has 1 aromatic carbocycles. The Morgan fingerprint density at radius 3 is 2.62 bits per heavy atom. The third kappa shape index (κ3) is 6.11. The fourth-order valence-electron chi connectivity index (χ4n) is 4.08. The second kappa shape index (κ2) is 10.4. The minimum Gasteiger partial charge on any atom is -0.435 e. The molecule has 0 spiro atoms. The number of primary amides is 1. The Hall–Kier alpha value is -4.29. The molecule has 1 aliphatic heterocycles. The lowest BCUT2D eigenvalue weighted by Gasteiger charge is -2.20. The second-order valence-corrected chi connectivity index (χ2v) is 8.24. The summed E-state index contributed by atoms with van der Waals surface area (Å²) in [6.07, 6.45) is -1.01. The fraction of sp³-hybridized carbons (Fsp3) is 0.250. The van der Waals surface area contributed by atoms with Crippen LogP contribution in [0.3, 0.4) is 0 Å². The molecule has 0 bridgehead atoms. The SMILES string of the molecule is NC(=O)c1cc(N2CC[C@@H](c3cc(C(=O)Nc4cncc(C(F)(F)F)c4)ccc3OC(F)F)C2)ccn1. The number of aromatic nitrogens is 2. The molecule has 3 aromatic rings. The monoisotopic (exact) mass is 521 g/mol. The summed E-state index contributed by atoms with van der Waals surface area (Å²) in [7, 11) is 0. The van der Waals surface area contributed by atoms with Gasteiger partial charge in [0.15, 0.2) is 0 Å². The highest BCUT2D eigenvalue weighted by atomic mass is 19.4. The van der Waals surface area contributed by atoms with Gasteiger partial charge in [-0.2, -0.15) is 22.0 Å². The van der Waals surface area contributed by atoms with Crippen LogP contribution in [0.25, 0.3) is 0 Å². The van der Waals surface area contributed by atoms with Crippen molar-refractivity contribution in [3.8, 4) is 5.75 Å². The van der Waals surface area contributed by atoms with Crippen molar-refractivity contribution in [1.82, 2.24) is 9.97 Å². The van der Waals surface area contributed by atoms with Crippen LogP contribution < -0.4 is 20.7 Å². The highest BCUT2D eigenvalue weighted by Crippen LogP contribution is 2.37. The van der Waals surface area contributed by atoms with Crippen molar-refractivity contribution in [2.75, 3.05) is 23.3 Å². The van der Waals surface area contributed by atoms with Gasteiger partial charge < -0.3 is 20.7 Å². The van der Waals surface area contributed by atoms with Crippen LogP contribution in [-0.2, 0) is 6.18 Å². The van der Waals surface area contributed by atoms with Crippen LogP contribution in [0.5, 0.6) is 5.75 Å². The number of benzene rings is 1. The summed E-state index contributed by atoms with van der Waals surface area (Å²) in [6.45, 7) is -2.25. The highest BCUT2D eigenvalue weighted by Gasteiger charge is 2.32. The maximum absolute atomic E-state index is 13.1. The number of nitrogens with zero attached hydrogens (tertiary/aromatic N) is 3. The van der Waals surface area contributed by atoms with Crippen LogP contribution in [0.4, 0.5) is 33.3 Å². The van der Waals surface area contributed by atoms with E-state index in [9.17, 15) is 31.5 Å². The summed E-state index contributed by atoms with van der Waals surface area (Å²) in [5, 5.41) is 2.35. The number of hydrogen-bond donors (Lipinski definition) is 2. The molecule has 0 saturated carbocycles. The van der Waals surface area contributed by atoms with E-state index in [1.165, 1.54) is 30.5 Å². The number of alkyl halides is 5. The molecule has 0 unspecified atom stereocenters. The number of rotatable bonds is 7. The van der Waals surface area contributed by atoms with Gasteiger partial charge in [0.05, 0.1) is 17.4 Å². The van der Waals surface area contributed by atoms with Crippen molar-refractivity contribution >= 4 is 23.2 Å². The van der Waals surface area contributed by atoms with E-state index in [1.807, 2.05) is 4.90 Å². The standard InChI is InChI=1S/C24H20F5N5O3/c25-23(26)37-20-2-1-13(22(36)33-16-8-15(10-31-11-16)24(27,28)29)7-18(20)14-4-6-34(12-14)17-3-5-32-19(9-17)21(30)35/h1-3,5,7-11,14,23H,4,6,12H2,(H2,30,35)(H,33,36)/t14-/m1/s1. The van der Waals surface area contributed by atoms with Crippen LogP contribution in [0, 0.1) is 0 Å². The van der Waals surface area contributed by atoms with Crippen LogP contribution in [0.2, 0.25) is 0 Å². The van der Waals surface area contributed by atoms with E-state index in [2.05, 4.69) is 20.0 Å². The Kier molecular flexibility index (Phi) is 7.23. The molecule has 1 fully saturated rings. The molecule has 4 rings (SSSR count). The number of nitrogens with one attached hydrogen (secondary N) is 1. The lowest BCUT2D eigenvalue weighted by molar-refractivity contribution is -0.137. The van der Waals surface area contributed by atoms with Gasteiger partial charge in [0.1, 0.15) is 11.4 Å². The molecule has 2 aromatic heterocycles. The van der Waals surface area contributed by atoms with Gasteiger partial charge in [-0.25, -0.2) is 0 Å². The molecule has 8 nitrogen and oxygen atoms in total. The molecule has 37 heavy (non-hydrogen) atoms. The summed E-state index contributed by atoms with van der Waals surface area (Å²) in [5.74, 6) is -1.89. The zero-order valence-corrected chi connectivity index (χ0v) is 19.0. The Morgan fingerprint density at radius 2 is 1.92 bits per heavy atom. The molecule has 194 valence electrons. The van der Waals surface area contributed by atoms with Gasteiger partial charge in [-0.15, -0.1) is 0 Å². The molecule has 0 radical (unpaired) electrons. The average molecular weight is 521 g/mol. The summed E-state index contributed by atoms with van der Waals surface area (Å²) < 4.78 is 69.7. The van der Waals surface area contributed by atoms with Gasteiger partial charge in [0, 0.05) is 48.2 Å². The Morgan fingerprint density at radius 1 is 1.14 bits per heavy atom. The maximum atomic E-state index is 13.1. The molecule has 1 saturated heterocycles. The normalized spacial score (nSPS) is 15.6. The highest BCUT2D eigenvalue weighted by molar-refractivity contribution is 6.04. The Balaban J connectivity index is 1.58. The van der Waals surface area contributed by atoms with Crippen molar-refractivity contribution < 1.29 is 36.3 Å². The minimum atomic E-state index is -4.64. The number of halogens is 5. The van der Waals surface area contributed by atoms with E-state index in [4.69, 9.17) is 5.73 Å². The third-order valence-corrected chi connectivity index (χ3v) is 5.80. The predicted molar refractivity (Wildman–Crippen MR) is 123 cm³/mol. The van der Waals surface area contributed by atoms with Crippen molar-refractivity contribution in [3.05, 3.63) is 77.4 Å². The minimum absolute atomic E-state index is 0.0346. The molecule has 1 atom stereocenters. The number of carbonyl (C=O) groups is 2. The van der Waals surface area contributed by atoms with Crippen molar-refractivity contribution in [1.29, 1.82) is 0 Å². The van der Waals surface area contributed by atoms with Gasteiger partial charge >= 0.3 is 12.8 Å². The fourth-order valence-corrected chi connectivity index (χ4v) is 4.08. The lowest BCUT2D eigenvalue weighted by atomic mass is 9.95. The van der Waals surface area contributed by atoms with E-state index < -0.39 is 30.2 Å². The van der Waals surface area contributed by atoms with Gasteiger partial charge in [-0.3, -0.25) is 19.6 Å². The van der Waals surface area contributed by atoms with Crippen LogP contribution in [0.1, 0.15) is 44.3 Å². The number of hydrogen-bond acceptors (Lipinski definition) is 6. The van der Waals surface area contributed by atoms with Gasteiger partial charge in [-0.1, -0.05) is 0 Å². The quantitative estimate of drug-likeness (QED) is 0.445. The average Bonchev–Trinajstić information content (AvgIpc) is 3.34. The first-order chi connectivity index (χ1) is 17.5. The number of nitrogens with two attached hydrogens (primary N) is 1. The number of anilines is 2. The van der Waals surface area contributed by atoms with E-state index in [1.54, 1.807) is 6.07 Å². The van der Waals surface area contributed by atoms with E-state index in [0.29, 0.717) is 37.0 Å². The van der Waals surface area contributed by atoms with Crippen LogP contribution >= 0.6 is 0 Å². The predicted octanol–water partition coefficient (Wildman–Crippen LogP) is 4.44. The zero-order valence-electron chi connectivity index (χ0n) is 19.0. The molecular formula is C24H20F5N5O3. The largest absolute Gasteiger partial charge is 0.435 e. The van der Waals surface area contributed by atoms with Crippen molar-refractivity contribution in [3.63, 3.8) is 0 Å². The second-order valence-electron chi connectivity index (χ2n) is 8.24. The lowest BCUT2D eigenvalue weighted by Crippen LogP contribution is -2.21. The number of amides is 2. The van der Waals surface area contributed by atoms with Gasteiger partial charge in [0.2, 0.25) is 0 Å². The first-order valence-corrected chi connectivity index (χ1v) is 10.9. The van der Waals surface area contributed by atoms with E-state index >= 15 is 0 Å². The summed E-state index contributed by atoms with van der Waals surface area (Å²) in [6, 6.07) is 7.79. The Labute approximate surface area is 207 Å². The summed E-state index contributed by atoms with van der Waals surface area (Å²) in [5.41, 5.74) is 5.18. The molecular weight excluding hydrogens is 501 g/mol. The first-order valence-electron chi connectivity index (χ1n) is 10.9. The van der Waals surface area contributed by atoms with Crippen LogP contribution in [0.15, 0.2) is 55.0 Å². The van der Waals surface area contributed by atoms with Crippen molar-refractivity contribution in [2.45, 2.75) is 25.1 Å². The Bertz CT molecular complexity index is 1320. The number of carbonyl (C=O) groups excluding carboxylic acids is 2. The van der Waals surface area contributed by atoms with Gasteiger partial charge in [-0.05, 0) is 42.8 Å². The van der Waals surface area contributed by atoms with E-state index in [0.717, 1.165) is 12.3 Å². The van der Waals surface area contributed by atoms with Gasteiger partial charge in [0.25, 0.3) is 11.8 Å². The summed E-state index contributed by atoms with van der Waals surface area (Å²) >= 11 is 0. The van der Waals surface area contributed by atoms with E-state index in [-0.39, 0.29) is 28.6 Å². The topological polar surface area (TPSA) is 110 Å². The molecule has 3 N–H and O–H groups in total. The molecule has 1 aliphatic rings. The smallest absolute Gasteiger partial charge is 0.417 e. The molecule has 0 aliphatic carbocycles.